The molecule has 0 N–H and O–H groups in total. The Kier molecular flexibility index (Phi) is 6.83. The number of nitro groups is 1. The molecular formula is C21H19BrN2O6. The molecule has 0 fully saturated rings. The Morgan fingerprint density at radius 1 is 1.30 bits per heavy atom. The second-order valence-electron chi connectivity index (χ2n) is 6.38. The Balaban J connectivity index is 1.91. The van der Waals surface area contributed by atoms with Crippen molar-refractivity contribution in [1.29, 1.82) is 0 Å². The smallest absolute Gasteiger partial charge is 0.363 e. The predicted octanol–water partition coefficient (Wildman–Crippen LogP) is 4.89. The van der Waals surface area contributed by atoms with Gasteiger partial charge in [-0.1, -0.05) is 19.4 Å². The molecule has 8 nitrogen and oxygen atoms in total. The van der Waals surface area contributed by atoms with Gasteiger partial charge in [-0.3, -0.25) is 10.1 Å². The van der Waals surface area contributed by atoms with Crippen LogP contribution in [-0.2, 0) is 9.53 Å². The van der Waals surface area contributed by atoms with Crippen LogP contribution in [0, 0.1) is 10.1 Å². The summed E-state index contributed by atoms with van der Waals surface area (Å²) in [5.41, 5.74) is 0.957. The first-order chi connectivity index (χ1) is 14.4. The van der Waals surface area contributed by atoms with Crippen molar-refractivity contribution < 1.29 is 23.9 Å². The highest BCUT2D eigenvalue weighted by Crippen LogP contribution is 2.37. The molecule has 0 bridgehead atoms. The number of carbonyl (C=O) groups is 1. The van der Waals surface area contributed by atoms with Gasteiger partial charge >= 0.3 is 5.97 Å². The van der Waals surface area contributed by atoms with Crippen LogP contribution < -0.4 is 9.47 Å². The first kappa shape index (κ1) is 21.5. The number of rotatable bonds is 8. The van der Waals surface area contributed by atoms with Gasteiger partial charge in [0.05, 0.1) is 23.1 Å². The van der Waals surface area contributed by atoms with E-state index < -0.39 is 10.9 Å². The molecule has 0 spiro atoms. The summed E-state index contributed by atoms with van der Waals surface area (Å²) in [7, 11) is 1.54. The Labute approximate surface area is 181 Å². The molecule has 3 rings (SSSR count). The van der Waals surface area contributed by atoms with E-state index in [0.29, 0.717) is 33.7 Å². The van der Waals surface area contributed by atoms with Crippen molar-refractivity contribution in [3.8, 4) is 11.5 Å². The third-order valence-corrected chi connectivity index (χ3v) is 4.81. The van der Waals surface area contributed by atoms with Crippen molar-refractivity contribution in [2.75, 3.05) is 13.7 Å². The molecule has 1 heterocycles. The summed E-state index contributed by atoms with van der Waals surface area (Å²) < 4.78 is 17.1. The molecule has 0 unspecified atom stereocenters. The van der Waals surface area contributed by atoms with Crippen molar-refractivity contribution >= 4 is 39.6 Å². The molecule has 0 aliphatic carbocycles. The fourth-order valence-corrected chi connectivity index (χ4v) is 3.30. The molecular weight excluding hydrogens is 456 g/mol. The largest absolute Gasteiger partial charge is 0.493 e. The van der Waals surface area contributed by atoms with Crippen LogP contribution in [0.4, 0.5) is 5.69 Å². The second-order valence-corrected chi connectivity index (χ2v) is 7.23. The van der Waals surface area contributed by atoms with E-state index in [1.807, 2.05) is 0 Å². The summed E-state index contributed by atoms with van der Waals surface area (Å²) in [6, 6.07) is 9.26. The Morgan fingerprint density at radius 3 is 2.80 bits per heavy atom. The van der Waals surface area contributed by atoms with E-state index in [0.717, 1.165) is 12.8 Å². The molecule has 1 aliphatic heterocycles. The maximum absolute atomic E-state index is 12.3. The number of carbonyl (C=O) groups excluding carboxylic acids is 1. The molecule has 0 saturated heterocycles. The number of hydrogen-bond donors (Lipinski definition) is 0. The number of esters is 1. The minimum Gasteiger partial charge on any atom is -0.493 e. The van der Waals surface area contributed by atoms with E-state index in [1.54, 1.807) is 24.3 Å². The molecule has 9 heteroatoms. The molecule has 2 aromatic carbocycles. The molecule has 0 radical (unpaired) electrons. The molecule has 0 aromatic heterocycles. The zero-order valence-corrected chi connectivity index (χ0v) is 18.0. The standard InChI is InChI=1S/C21H19BrN2O6/c1-3-4-8-29-19-16(22)9-13(11-18(19)28-2)10-17-21(25)30-20(23-17)14-6-5-7-15(12-14)24(26)27/h5-7,9-12H,3-4,8H2,1-2H3/b17-10-. The van der Waals surface area contributed by atoms with E-state index >= 15 is 0 Å². The average molecular weight is 475 g/mol. The maximum Gasteiger partial charge on any atom is 0.363 e. The molecule has 2 aromatic rings. The number of methoxy groups -OCH3 is 1. The lowest BCUT2D eigenvalue weighted by Crippen LogP contribution is -2.05. The lowest BCUT2D eigenvalue weighted by molar-refractivity contribution is -0.384. The van der Waals surface area contributed by atoms with Crippen LogP contribution in [0.5, 0.6) is 11.5 Å². The number of nitro benzene ring substituents is 1. The fourth-order valence-electron chi connectivity index (χ4n) is 2.72. The van der Waals surface area contributed by atoms with Gasteiger partial charge in [0.25, 0.3) is 5.69 Å². The zero-order valence-electron chi connectivity index (χ0n) is 16.4. The lowest BCUT2D eigenvalue weighted by Gasteiger charge is -2.13. The number of halogens is 1. The van der Waals surface area contributed by atoms with Crippen molar-refractivity contribution in [2.45, 2.75) is 19.8 Å². The normalized spacial score (nSPS) is 14.4. The van der Waals surface area contributed by atoms with E-state index in [4.69, 9.17) is 14.2 Å². The number of ether oxygens (including phenoxy) is 3. The van der Waals surface area contributed by atoms with Gasteiger partial charge in [0.15, 0.2) is 17.2 Å². The van der Waals surface area contributed by atoms with Crippen LogP contribution in [0.3, 0.4) is 0 Å². The quantitative estimate of drug-likeness (QED) is 0.177. The van der Waals surface area contributed by atoms with Gasteiger partial charge in [-0.25, -0.2) is 9.79 Å². The summed E-state index contributed by atoms with van der Waals surface area (Å²) in [6.45, 7) is 2.64. The van der Waals surface area contributed by atoms with Gasteiger partial charge in [0, 0.05) is 17.7 Å². The van der Waals surface area contributed by atoms with Crippen LogP contribution in [0.2, 0.25) is 0 Å². The molecule has 156 valence electrons. The number of aliphatic imine (C=N–C) groups is 1. The average Bonchev–Trinajstić information content (AvgIpc) is 3.09. The van der Waals surface area contributed by atoms with Crippen LogP contribution in [0.15, 0.2) is 51.6 Å². The first-order valence-electron chi connectivity index (χ1n) is 9.20. The summed E-state index contributed by atoms with van der Waals surface area (Å²) in [5.74, 6) is 0.472. The van der Waals surface area contributed by atoms with Gasteiger partial charge in [-0.15, -0.1) is 0 Å². The van der Waals surface area contributed by atoms with Gasteiger partial charge in [-0.2, -0.15) is 0 Å². The van der Waals surface area contributed by atoms with Crippen LogP contribution in [-0.4, -0.2) is 30.5 Å². The number of cyclic esters (lactones) is 1. The number of non-ortho nitro benzene ring substituents is 1. The number of benzene rings is 2. The third kappa shape index (κ3) is 4.85. The third-order valence-electron chi connectivity index (χ3n) is 4.22. The number of hydrogen-bond acceptors (Lipinski definition) is 7. The fraction of sp³-hybridized carbons (Fsp3) is 0.238. The topological polar surface area (TPSA) is 100 Å². The van der Waals surface area contributed by atoms with Crippen molar-refractivity contribution in [2.24, 2.45) is 4.99 Å². The van der Waals surface area contributed by atoms with Crippen LogP contribution in [0.25, 0.3) is 6.08 Å². The van der Waals surface area contributed by atoms with Crippen LogP contribution in [0.1, 0.15) is 30.9 Å². The first-order valence-corrected chi connectivity index (χ1v) is 10.00. The van der Waals surface area contributed by atoms with E-state index in [1.165, 1.54) is 25.3 Å². The van der Waals surface area contributed by atoms with Gasteiger partial charge in [-0.05, 0) is 52.2 Å². The zero-order chi connectivity index (χ0) is 21.7. The Morgan fingerprint density at radius 2 is 2.10 bits per heavy atom. The molecule has 0 atom stereocenters. The minimum absolute atomic E-state index is 0.0144. The van der Waals surface area contributed by atoms with E-state index in [2.05, 4.69) is 27.8 Å². The van der Waals surface area contributed by atoms with Crippen molar-refractivity contribution in [1.82, 2.24) is 0 Å². The highest BCUT2D eigenvalue weighted by Gasteiger charge is 2.25. The van der Waals surface area contributed by atoms with E-state index in [9.17, 15) is 14.9 Å². The van der Waals surface area contributed by atoms with Crippen LogP contribution >= 0.6 is 15.9 Å². The lowest BCUT2D eigenvalue weighted by atomic mass is 10.1. The predicted molar refractivity (Wildman–Crippen MR) is 115 cm³/mol. The highest BCUT2D eigenvalue weighted by molar-refractivity contribution is 9.10. The maximum atomic E-state index is 12.3. The number of nitrogens with zero attached hydrogens (tertiary/aromatic N) is 2. The van der Waals surface area contributed by atoms with Crippen molar-refractivity contribution in [3.63, 3.8) is 0 Å². The van der Waals surface area contributed by atoms with E-state index in [-0.39, 0.29) is 17.3 Å². The second kappa shape index (κ2) is 9.53. The summed E-state index contributed by atoms with van der Waals surface area (Å²) in [4.78, 5) is 26.9. The highest BCUT2D eigenvalue weighted by atomic mass is 79.9. The SMILES string of the molecule is CCCCOc1c(Br)cc(/C=C2\N=C(c3cccc([N+](=O)[O-])c3)OC2=O)cc1OC. The van der Waals surface area contributed by atoms with Crippen molar-refractivity contribution in [3.05, 3.63) is 67.8 Å². The molecule has 0 amide bonds. The summed E-state index contributed by atoms with van der Waals surface area (Å²) in [6.07, 6.45) is 3.48. The monoisotopic (exact) mass is 474 g/mol. The Bertz CT molecular complexity index is 1050. The van der Waals surface area contributed by atoms with Gasteiger partial charge in [0.1, 0.15) is 0 Å². The number of unbranched alkanes of at least 4 members (excludes halogenated alkanes) is 1. The summed E-state index contributed by atoms with van der Waals surface area (Å²) in [5, 5.41) is 11.0. The van der Waals surface area contributed by atoms with Gasteiger partial charge < -0.3 is 14.2 Å². The summed E-state index contributed by atoms with van der Waals surface area (Å²) >= 11 is 3.48. The van der Waals surface area contributed by atoms with Gasteiger partial charge in [0.2, 0.25) is 5.90 Å². The molecule has 1 aliphatic rings. The molecule has 30 heavy (non-hydrogen) atoms. The minimum atomic E-state index is -0.644. The Hall–Kier alpha value is -3.20. The molecule has 0 saturated carbocycles.